The molecule has 2 rings (SSSR count). The van der Waals surface area contributed by atoms with Gasteiger partial charge >= 0.3 is 0 Å². The first-order valence-corrected chi connectivity index (χ1v) is 6.74. The number of anilines is 2. The SMILES string of the molecule is CCCNc1cc(NC2CCC(C)C2)ccn1. The molecule has 0 radical (unpaired) electrons. The van der Waals surface area contributed by atoms with Gasteiger partial charge < -0.3 is 10.6 Å². The van der Waals surface area contributed by atoms with Crippen LogP contribution in [0.3, 0.4) is 0 Å². The van der Waals surface area contributed by atoms with Gasteiger partial charge in [-0.2, -0.15) is 0 Å². The van der Waals surface area contributed by atoms with Crippen LogP contribution in [0.5, 0.6) is 0 Å². The number of hydrogen-bond acceptors (Lipinski definition) is 3. The second-order valence-corrected chi connectivity index (χ2v) is 5.12. The van der Waals surface area contributed by atoms with Crippen molar-refractivity contribution in [3.05, 3.63) is 18.3 Å². The minimum atomic E-state index is 0.645. The van der Waals surface area contributed by atoms with Crippen LogP contribution in [0.15, 0.2) is 18.3 Å². The predicted octanol–water partition coefficient (Wildman–Crippen LogP) is 3.50. The summed E-state index contributed by atoms with van der Waals surface area (Å²) in [6.07, 6.45) is 6.93. The summed E-state index contributed by atoms with van der Waals surface area (Å²) in [6, 6.07) is 4.81. The Bertz CT molecular complexity index is 351. The molecule has 1 aromatic heterocycles. The molecule has 3 nitrogen and oxygen atoms in total. The van der Waals surface area contributed by atoms with Gasteiger partial charge in [0.05, 0.1) is 0 Å². The summed E-state index contributed by atoms with van der Waals surface area (Å²) in [6.45, 7) is 5.48. The summed E-state index contributed by atoms with van der Waals surface area (Å²) >= 11 is 0. The molecule has 0 amide bonds. The van der Waals surface area contributed by atoms with Gasteiger partial charge in [0.1, 0.15) is 5.82 Å². The summed E-state index contributed by atoms with van der Waals surface area (Å²) in [5.41, 5.74) is 1.19. The van der Waals surface area contributed by atoms with Gasteiger partial charge in [0.15, 0.2) is 0 Å². The molecule has 0 aliphatic heterocycles. The van der Waals surface area contributed by atoms with E-state index in [1.54, 1.807) is 0 Å². The van der Waals surface area contributed by atoms with Crippen LogP contribution in [-0.4, -0.2) is 17.6 Å². The van der Waals surface area contributed by atoms with Crippen LogP contribution in [0.4, 0.5) is 11.5 Å². The first-order chi connectivity index (χ1) is 8.28. The summed E-state index contributed by atoms with van der Waals surface area (Å²) in [5, 5.41) is 6.93. The lowest BCUT2D eigenvalue weighted by atomic mass is 10.1. The van der Waals surface area contributed by atoms with Crippen molar-refractivity contribution in [3.8, 4) is 0 Å². The Morgan fingerprint density at radius 3 is 3.00 bits per heavy atom. The summed E-state index contributed by atoms with van der Waals surface area (Å²) in [4.78, 5) is 4.32. The molecule has 2 atom stereocenters. The average Bonchev–Trinajstić information content (AvgIpc) is 2.73. The van der Waals surface area contributed by atoms with Gasteiger partial charge in [-0.05, 0) is 37.7 Å². The van der Waals surface area contributed by atoms with Crippen molar-refractivity contribution in [2.75, 3.05) is 17.2 Å². The zero-order valence-corrected chi connectivity index (χ0v) is 10.9. The molecule has 94 valence electrons. The van der Waals surface area contributed by atoms with Crippen LogP contribution in [0.25, 0.3) is 0 Å². The Kier molecular flexibility index (Phi) is 4.24. The molecule has 0 aromatic carbocycles. The van der Waals surface area contributed by atoms with E-state index in [1.807, 2.05) is 6.20 Å². The van der Waals surface area contributed by atoms with E-state index in [-0.39, 0.29) is 0 Å². The van der Waals surface area contributed by atoms with Crippen molar-refractivity contribution < 1.29 is 0 Å². The fourth-order valence-electron chi connectivity index (χ4n) is 2.44. The lowest BCUT2D eigenvalue weighted by Crippen LogP contribution is -2.15. The van der Waals surface area contributed by atoms with Crippen LogP contribution in [-0.2, 0) is 0 Å². The van der Waals surface area contributed by atoms with Crippen LogP contribution in [0, 0.1) is 5.92 Å². The second kappa shape index (κ2) is 5.89. The lowest BCUT2D eigenvalue weighted by molar-refractivity contribution is 0.602. The lowest BCUT2D eigenvalue weighted by Gasteiger charge is -2.14. The Hall–Kier alpha value is -1.25. The van der Waals surface area contributed by atoms with Crippen molar-refractivity contribution in [2.45, 2.75) is 45.6 Å². The Balaban J connectivity index is 1.91. The fraction of sp³-hybridized carbons (Fsp3) is 0.643. The average molecular weight is 233 g/mol. The maximum absolute atomic E-state index is 4.32. The third kappa shape index (κ3) is 3.62. The Morgan fingerprint density at radius 2 is 2.29 bits per heavy atom. The molecule has 3 heteroatoms. The largest absolute Gasteiger partial charge is 0.382 e. The van der Waals surface area contributed by atoms with E-state index in [0.29, 0.717) is 6.04 Å². The Labute approximate surface area is 104 Å². The smallest absolute Gasteiger partial charge is 0.127 e. The molecule has 1 aromatic rings. The van der Waals surface area contributed by atoms with Crippen molar-refractivity contribution in [1.29, 1.82) is 0 Å². The highest BCUT2D eigenvalue weighted by molar-refractivity contribution is 5.52. The van der Waals surface area contributed by atoms with Crippen LogP contribution in [0.2, 0.25) is 0 Å². The van der Waals surface area contributed by atoms with Gasteiger partial charge in [0.2, 0.25) is 0 Å². The summed E-state index contributed by atoms with van der Waals surface area (Å²) < 4.78 is 0. The standard InChI is InChI=1S/C14H23N3/c1-3-7-15-14-10-13(6-8-16-14)17-12-5-4-11(2)9-12/h6,8,10-12H,3-5,7,9H2,1-2H3,(H2,15,16,17). The highest BCUT2D eigenvalue weighted by Crippen LogP contribution is 2.27. The minimum absolute atomic E-state index is 0.645. The fourth-order valence-corrected chi connectivity index (χ4v) is 2.44. The van der Waals surface area contributed by atoms with E-state index in [9.17, 15) is 0 Å². The molecule has 0 saturated heterocycles. The molecule has 2 unspecified atom stereocenters. The van der Waals surface area contributed by atoms with E-state index < -0.39 is 0 Å². The van der Waals surface area contributed by atoms with Gasteiger partial charge in [0.25, 0.3) is 0 Å². The van der Waals surface area contributed by atoms with Crippen LogP contribution in [0.1, 0.15) is 39.5 Å². The van der Waals surface area contributed by atoms with Gasteiger partial charge in [-0.25, -0.2) is 4.98 Å². The van der Waals surface area contributed by atoms with Gasteiger partial charge in [0, 0.05) is 30.5 Å². The van der Waals surface area contributed by atoms with E-state index in [0.717, 1.165) is 24.7 Å². The molecular formula is C14H23N3. The molecule has 1 saturated carbocycles. The van der Waals surface area contributed by atoms with Crippen molar-refractivity contribution in [2.24, 2.45) is 5.92 Å². The van der Waals surface area contributed by atoms with Gasteiger partial charge in [-0.1, -0.05) is 13.8 Å². The maximum Gasteiger partial charge on any atom is 0.127 e. The molecule has 2 N–H and O–H groups in total. The number of hydrogen-bond donors (Lipinski definition) is 2. The monoisotopic (exact) mass is 233 g/mol. The van der Waals surface area contributed by atoms with Gasteiger partial charge in [-0.3, -0.25) is 0 Å². The maximum atomic E-state index is 4.32. The Morgan fingerprint density at radius 1 is 1.41 bits per heavy atom. The molecule has 1 aliphatic carbocycles. The van der Waals surface area contributed by atoms with Gasteiger partial charge in [-0.15, -0.1) is 0 Å². The van der Waals surface area contributed by atoms with Crippen molar-refractivity contribution in [1.82, 2.24) is 4.98 Å². The molecule has 1 heterocycles. The zero-order chi connectivity index (χ0) is 12.1. The van der Waals surface area contributed by atoms with E-state index >= 15 is 0 Å². The van der Waals surface area contributed by atoms with Crippen LogP contribution < -0.4 is 10.6 Å². The topological polar surface area (TPSA) is 37.0 Å². The zero-order valence-electron chi connectivity index (χ0n) is 10.9. The first-order valence-electron chi connectivity index (χ1n) is 6.74. The molecule has 1 fully saturated rings. The van der Waals surface area contributed by atoms with E-state index in [2.05, 4.69) is 41.6 Å². The predicted molar refractivity (Wildman–Crippen MR) is 73.4 cm³/mol. The molecule has 0 spiro atoms. The number of nitrogens with one attached hydrogen (secondary N) is 2. The third-order valence-electron chi connectivity index (χ3n) is 3.38. The first kappa shape index (κ1) is 12.2. The number of aromatic nitrogens is 1. The van der Waals surface area contributed by atoms with Crippen molar-refractivity contribution in [3.63, 3.8) is 0 Å². The number of nitrogens with zero attached hydrogens (tertiary/aromatic N) is 1. The number of rotatable bonds is 5. The summed E-state index contributed by atoms with van der Waals surface area (Å²) in [7, 11) is 0. The second-order valence-electron chi connectivity index (χ2n) is 5.12. The molecule has 0 bridgehead atoms. The molecule has 17 heavy (non-hydrogen) atoms. The summed E-state index contributed by atoms with van der Waals surface area (Å²) in [5.74, 6) is 1.84. The minimum Gasteiger partial charge on any atom is -0.382 e. The van der Waals surface area contributed by atoms with Crippen molar-refractivity contribution >= 4 is 11.5 Å². The van der Waals surface area contributed by atoms with Crippen LogP contribution >= 0.6 is 0 Å². The quantitative estimate of drug-likeness (QED) is 0.817. The highest BCUT2D eigenvalue weighted by atomic mass is 15.0. The molecular weight excluding hydrogens is 210 g/mol. The highest BCUT2D eigenvalue weighted by Gasteiger charge is 2.20. The van der Waals surface area contributed by atoms with E-state index in [4.69, 9.17) is 0 Å². The third-order valence-corrected chi connectivity index (χ3v) is 3.38. The van der Waals surface area contributed by atoms with E-state index in [1.165, 1.54) is 24.9 Å². The number of pyridine rings is 1. The molecule has 1 aliphatic rings. The normalized spacial score (nSPS) is 23.6.